The van der Waals surface area contributed by atoms with E-state index in [2.05, 4.69) is 58.6 Å². The molecule has 5 heteroatoms. The number of anilines is 2. The Morgan fingerprint density at radius 3 is 2.45 bits per heavy atom. The summed E-state index contributed by atoms with van der Waals surface area (Å²) in [6.07, 6.45) is 0. The van der Waals surface area contributed by atoms with Crippen molar-refractivity contribution >= 4 is 34.4 Å². The summed E-state index contributed by atoms with van der Waals surface area (Å²) in [4.78, 5) is 9.84. The van der Waals surface area contributed by atoms with Gasteiger partial charge in [0.15, 0.2) is 0 Å². The maximum absolute atomic E-state index is 5.78. The van der Waals surface area contributed by atoms with Crippen molar-refractivity contribution in [3.8, 4) is 11.1 Å². The van der Waals surface area contributed by atoms with Crippen LogP contribution in [0.3, 0.4) is 0 Å². The zero-order valence-corrected chi connectivity index (χ0v) is 13.4. The van der Waals surface area contributed by atoms with Crippen molar-refractivity contribution in [1.29, 1.82) is 0 Å². The number of rotatable bonds is 4. The SMILES string of the molecule is CCSc1ccc(-c2ccc3c(NC)nc(N)nc3c2)cc1. The van der Waals surface area contributed by atoms with Crippen LogP contribution in [0, 0.1) is 0 Å². The molecule has 0 unspecified atom stereocenters. The van der Waals surface area contributed by atoms with Crippen LogP contribution in [0.5, 0.6) is 0 Å². The van der Waals surface area contributed by atoms with Gasteiger partial charge in [-0.15, -0.1) is 11.8 Å². The van der Waals surface area contributed by atoms with Crippen LogP contribution in [0.2, 0.25) is 0 Å². The number of nitrogens with one attached hydrogen (secondary N) is 1. The summed E-state index contributed by atoms with van der Waals surface area (Å²) < 4.78 is 0. The molecule has 2 aromatic carbocycles. The highest BCUT2D eigenvalue weighted by atomic mass is 32.2. The van der Waals surface area contributed by atoms with Gasteiger partial charge in [0.05, 0.1) is 5.52 Å². The lowest BCUT2D eigenvalue weighted by atomic mass is 10.0. The van der Waals surface area contributed by atoms with Crippen molar-refractivity contribution in [3.63, 3.8) is 0 Å². The molecule has 1 heterocycles. The Balaban J connectivity index is 2.04. The zero-order chi connectivity index (χ0) is 15.5. The van der Waals surface area contributed by atoms with Crippen molar-refractivity contribution in [3.05, 3.63) is 42.5 Å². The van der Waals surface area contributed by atoms with E-state index in [4.69, 9.17) is 5.73 Å². The van der Waals surface area contributed by atoms with Crippen LogP contribution in [-0.2, 0) is 0 Å². The molecule has 0 aliphatic carbocycles. The average molecular weight is 310 g/mol. The third-order valence-electron chi connectivity index (χ3n) is 3.45. The molecule has 112 valence electrons. The molecule has 3 rings (SSSR count). The topological polar surface area (TPSA) is 63.8 Å². The smallest absolute Gasteiger partial charge is 0.222 e. The van der Waals surface area contributed by atoms with Gasteiger partial charge in [-0.25, -0.2) is 4.98 Å². The molecular formula is C17H18N4S. The molecule has 0 aliphatic rings. The van der Waals surface area contributed by atoms with Crippen LogP contribution < -0.4 is 11.1 Å². The number of nitrogens with two attached hydrogens (primary N) is 1. The van der Waals surface area contributed by atoms with E-state index in [0.717, 1.165) is 28.0 Å². The summed E-state index contributed by atoms with van der Waals surface area (Å²) in [5.41, 5.74) is 8.92. The molecule has 0 radical (unpaired) electrons. The van der Waals surface area contributed by atoms with Crippen molar-refractivity contribution < 1.29 is 0 Å². The molecule has 0 amide bonds. The fourth-order valence-electron chi connectivity index (χ4n) is 2.43. The third-order valence-corrected chi connectivity index (χ3v) is 4.34. The molecule has 0 atom stereocenters. The second kappa shape index (κ2) is 6.23. The van der Waals surface area contributed by atoms with Crippen LogP contribution in [0.15, 0.2) is 47.4 Å². The van der Waals surface area contributed by atoms with Crippen LogP contribution >= 0.6 is 11.8 Å². The van der Waals surface area contributed by atoms with E-state index >= 15 is 0 Å². The molecule has 0 bridgehead atoms. The van der Waals surface area contributed by atoms with Gasteiger partial charge in [-0.2, -0.15) is 4.98 Å². The standard InChI is InChI=1S/C17H18N4S/c1-3-22-13-7-4-11(5-8-13)12-6-9-14-15(10-12)20-17(18)21-16(14)19-2/h4-10H,3H2,1-2H3,(H3,18,19,20,21). The minimum atomic E-state index is 0.281. The molecule has 4 nitrogen and oxygen atoms in total. The number of benzene rings is 2. The van der Waals surface area contributed by atoms with Gasteiger partial charge in [-0.1, -0.05) is 25.1 Å². The van der Waals surface area contributed by atoms with E-state index in [1.54, 1.807) is 0 Å². The van der Waals surface area contributed by atoms with E-state index in [1.165, 1.54) is 10.5 Å². The van der Waals surface area contributed by atoms with Crippen molar-refractivity contribution in [2.45, 2.75) is 11.8 Å². The molecule has 3 N–H and O–H groups in total. The van der Waals surface area contributed by atoms with E-state index in [-0.39, 0.29) is 5.95 Å². The lowest BCUT2D eigenvalue weighted by molar-refractivity contribution is 1.22. The van der Waals surface area contributed by atoms with Gasteiger partial charge in [0.1, 0.15) is 5.82 Å². The first-order valence-electron chi connectivity index (χ1n) is 7.19. The maximum Gasteiger partial charge on any atom is 0.222 e. The first-order valence-corrected chi connectivity index (χ1v) is 8.18. The summed E-state index contributed by atoms with van der Waals surface area (Å²) in [7, 11) is 1.83. The number of hydrogen-bond donors (Lipinski definition) is 2. The molecule has 0 spiro atoms. The Hall–Kier alpha value is -2.27. The average Bonchev–Trinajstić information content (AvgIpc) is 2.54. The number of nitrogens with zero attached hydrogens (tertiary/aromatic N) is 2. The fraction of sp³-hybridized carbons (Fsp3) is 0.176. The Kier molecular flexibility index (Phi) is 4.15. The summed E-state index contributed by atoms with van der Waals surface area (Å²) in [6, 6.07) is 14.8. The molecule has 0 aliphatic heterocycles. The number of hydrogen-bond acceptors (Lipinski definition) is 5. The van der Waals surface area contributed by atoms with Gasteiger partial charge in [0.2, 0.25) is 5.95 Å². The minimum Gasteiger partial charge on any atom is -0.372 e. The first-order chi connectivity index (χ1) is 10.7. The van der Waals surface area contributed by atoms with Gasteiger partial charge in [0, 0.05) is 17.3 Å². The fourth-order valence-corrected chi connectivity index (χ4v) is 3.09. The summed E-state index contributed by atoms with van der Waals surface area (Å²) in [5, 5.41) is 4.03. The first kappa shape index (κ1) is 14.7. The molecular weight excluding hydrogens is 292 g/mol. The Bertz CT molecular complexity index is 800. The van der Waals surface area contributed by atoms with Gasteiger partial charge < -0.3 is 11.1 Å². The largest absolute Gasteiger partial charge is 0.372 e. The van der Waals surface area contributed by atoms with Crippen LogP contribution in [-0.4, -0.2) is 22.8 Å². The van der Waals surface area contributed by atoms with Gasteiger partial charge in [-0.05, 0) is 41.1 Å². The van der Waals surface area contributed by atoms with Crippen LogP contribution in [0.4, 0.5) is 11.8 Å². The molecule has 0 saturated heterocycles. The number of nitrogen functional groups attached to an aromatic ring is 1. The molecule has 0 fully saturated rings. The zero-order valence-electron chi connectivity index (χ0n) is 12.6. The highest BCUT2D eigenvalue weighted by Crippen LogP contribution is 2.28. The van der Waals surface area contributed by atoms with Crippen molar-refractivity contribution in [2.24, 2.45) is 0 Å². The summed E-state index contributed by atoms with van der Waals surface area (Å²) in [6.45, 7) is 2.16. The predicted molar refractivity (Wildman–Crippen MR) is 95.3 cm³/mol. The predicted octanol–water partition coefficient (Wildman–Crippen LogP) is 4.03. The van der Waals surface area contributed by atoms with Gasteiger partial charge in [0.25, 0.3) is 0 Å². The lowest BCUT2D eigenvalue weighted by Gasteiger charge is -2.08. The maximum atomic E-state index is 5.78. The highest BCUT2D eigenvalue weighted by Gasteiger charge is 2.07. The van der Waals surface area contributed by atoms with E-state index < -0.39 is 0 Å². The van der Waals surface area contributed by atoms with Gasteiger partial charge >= 0.3 is 0 Å². The van der Waals surface area contributed by atoms with Crippen LogP contribution in [0.25, 0.3) is 22.0 Å². The van der Waals surface area contributed by atoms with Crippen molar-refractivity contribution in [1.82, 2.24) is 9.97 Å². The van der Waals surface area contributed by atoms with E-state index in [9.17, 15) is 0 Å². The second-order valence-corrected chi connectivity index (χ2v) is 6.21. The number of fused-ring (bicyclic) bond motifs is 1. The summed E-state index contributed by atoms with van der Waals surface area (Å²) >= 11 is 1.84. The van der Waals surface area contributed by atoms with Crippen LogP contribution in [0.1, 0.15) is 6.92 Å². The molecule has 1 aromatic heterocycles. The Morgan fingerprint density at radius 1 is 1.05 bits per heavy atom. The number of aromatic nitrogens is 2. The molecule has 22 heavy (non-hydrogen) atoms. The second-order valence-electron chi connectivity index (χ2n) is 4.87. The minimum absolute atomic E-state index is 0.281. The molecule has 3 aromatic rings. The summed E-state index contributed by atoms with van der Waals surface area (Å²) in [5.74, 6) is 2.12. The molecule has 0 saturated carbocycles. The van der Waals surface area contributed by atoms with Crippen molar-refractivity contribution in [2.75, 3.05) is 23.9 Å². The quantitative estimate of drug-likeness (QED) is 0.712. The Morgan fingerprint density at radius 2 is 1.77 bits per heavy atom. The van der Waals surface area contributed by atoms with E-state index in [0.29, 0.717) is 0 Å². The van der Waals surface area contributed by atoms with Gasteiger partial charge in [-0.3, -0.25) is 0 Å². The third kappa shape index (κ3) is 2.85. The Labute approximate surface area is 134 Å². The monoisotopic (exact) mass is 310 g/mol. The normalized spacial score (nSPS) is 10.8. The van der Waals surface area contributed by atoms with E-state index in [1.807, 2.05) is 24.9 Å². The highest BCUT2D eigenvalue weighted by molar-refractivity contribution is 7.99. The number of thioether (sulfide) groups is 1. The lowest BCUT2D eigenvalue weighted by Crippen LogP contribution is -2.01.